The molecule has 7 heavy (non-hydrogen) atoms. The van der Waals surface area contributed by atoms with Crippen LogP contribution in [-0.4, -0.2) is 29.0 Å². The minimum absolute atomic E-state index is 0. The number of hydrogen-bond donors (Lipinski definition) is 0. The Morgan fingerprint density at radius 2 is 1.29 bits per heavy atom. The van der Waals surface area contributed by atoms with Gasteiger partial charge in [0, 0.05) is 17.4 Å². The Bertz CT molecular complexity index is 34.7. The molecule has 6 heteroatoms. The summed E-state index contributed by atoms with van der Waals surface area (Å²) in [5.74, 6) is 0. The van der Waals surface area contributed by atoms with Gasteiger partial charge in [0.1, 0.15) is 0 Å². The summed E-state index contributed by atoms with van der Waals surface area (Å²) in [6.45, 7) is 0. The molecule has 0 heterocycles. The van der Waals surface area contributed by atoms with Gasteiger partial charge in [-0.15, -0.1) is 0 Å². The van der Waals surface area contributed by atoms with E-state index in [4.69, 9.17) is 15.0 Å². The van der Waals surface area contributed by atoms with Gasteiger partial charge in [-0.05, 0) is 6.16 Å². The van der Waals surface area contributed by atoms with Crippen molar-refractivity contribution in [2.45, 2.75) is 0 Å². The monoisotopic (exact) mass is 111 g/mol. The van der Waals surface area contributed by atoms with Crippen molar-refractivity contribution in [3.8, 4) is 0 Å². The Hall–Kier alpha value is 0.360. The number of hydrogen-bond acceptors (Lipinski definition) is 4. The molecule has 0 aromatic rings. The summed E-state index contributed by atoms with van der Waals surface area (Å²) in [7, 11) is 0. The smallest absolute Gasteiger partial charge is 0.870 e. The van der Waals surface area contributed by atoms with Crippen LogP contribution in [0.4, 0.5) is 4.79 Å². The molecule has 3 radical (unpaired) electrons. The van der Waals surface area contributed by atoms with Crippen molar-refractivity contribution in [3.63, 3.8) is 0 Å². The third-order valence-corrected chi connectivity index (χ3v) is 0. The first-order valence-corrected chi connectivity index (χ1v) is 0.612. The standard InChI is InChI=1S/CH2O3.Al.Li.H2O/c2-1(3)4;;;/h(H2,2,3,4);;;1H2/q;;+1;/p-3. The van der Waals surface area contributed by atoms with Crippen LogP contribution in [0.5, 0.6) is 0 Å². The van der Waals surface area contributed by atoms with E-state index in [1.807, 2.05) is 0 Å². The van der Waals surface area contributed by atoms with Crippen molar-refractivity contribution in [3.05, 3.63) is 0 Å². The second kappa shape index (κ2) is 16.2. The summed E-state index contributed by atoms with van der Waals surface area (Å²) in [6, 6.07) is 0. The first-order chi connectivity index (χ1) is 1.73. The largest absolute Gasteiger partial charge is 1.00 e. The Morgan fingerprint density at radius 1 is 1.29 bits per heavy atom. The third kappa shape index (κ3) is 933. The minimum Gasteiger partial charge on any atom is -0.870 e. The molecule has 0 unspecified atom stereocenters. The van der Waals surface area contributed by atoms with Crippen molar-refractivity contribution in [1.82, 2.24) is 0 Å². The number of rotatable bonds is 0. The summed E-state index contributed by atoms with van der Waals surface area (Å²) in [6.07, 6.45) is -2.33. The van der Waals surface area contributed by atoms with Crippen molar-refractivity contribution in [1.29, 1.82) is 0 Å². The van der Waals surface area contributed by atoms with Crippen LogP contribution in [0, 0.1) is 0 Å². The average Bonchev–Trinajstić information content (AvgIpc) is 0.811. The summed E-state index contributed by atoms with van der Waals surface area (Å²) >= 11 is 0. The van der Waals surface area contributed by atoms with Gasteiger partial charge in [-0.25, -0.2) is 0 Å². The van der Waals surface area contributed by atoms with E-state index in [-0.39, 0.29) is 41.7 Å². The number of carbonyl (C=O) groups is 1. The Balaban J connectivity index is -0.0000000150. The predicted octanol–water partition coefficient (Wildman–Crippen LogP) is -6.00. The van der Waals surface area contributed by atoms with Crippen LogP contribution in [0.15, 0.2) is 0 Å². The van der Waals surface area contributed by atoms with Crippen molar-refractivity contribution < 1.29 is 39.3 Å². The van der Waals surface area contributed by atoms with E-state index in [2.05, 4.69) is 0 Å². The van der Waals surface area contributed by atoms with Crippen LogP contribution in [0.3, 0.4) is 0 Å². The molecule has 0 atom stereocenters. The van der Waals surface area contributed by atoms with E-state index in [1.54, 1.807) is 0 Å². The van der Waals surface area contributed by atoms with Gasteiger partial charge in [0.25, 0.3) is 0 Å². The molecule has 0 amide bonds. The van der Waals surface area contributed by atoms with Gasteiger partial charge in [0.05, 0.1) is 0 Å². The Labute approximate surface area is 63.1 Å². The fourth-order valence-corrected chi connectivity index (χ4v) is 0. The molecule has 0 fully saturated rings. The van der Waals surface area contributed by atoms with Gasteiger partial charge in [-0.3, -0.25) is 0 Å². The summed E-state index contributed by atoms with van der Waals surface area (Å²) < 4.78 is 0. The van der Waals surface area contributed by atoms with Crippen molar-refractivity contribution >= 4 is 23.5 Å². The Morgan fingerprint density at radius 3 is 1.29 bits per heavy atom. The second-order valence-electron chi connectivity index (χ2n) is 0.250. The predicted molar refractivity (Wildman–Crippen MR) is 13.1 cm³/mol. The maximum absolute atomic E-state index is 8.33. The van der Waals surface area contributed by atoms with Crippen LogP contribution < -0.4 is 29.1 Å². The number of carboxylic acid groups (broad SMARTS) is 2. The van der Waals surface area contributed by atoms with E-state index in [0.29, 0.717) is 0 Å². The van der Waals surface area contributed by atoms with E-state index in [1.165, 1.54) is 0 Å². The van der Waals surface area contributed by atoms with E-state index in [0.717, 1.165) is 0 Å². The molecule has 0 saturated heterocycles. The molecule has 0 aliphatic rings. The van der Waals surface area contributed by atoms with Crippen LogP contribution in [-0.2, 0) is 0 Å². The maximum atomic E-state index is 8.33. The van der Waals surface area contributed by atoms with Crippen molar-refractivity contribution in [2.75, 3.05) is 0 Å². The van der Waals surface area contributed by atoms with Gasteiger partial charge in [0.2, 0.25) is 0 Å². The van der Waals surface area contributed by atoms with Crippen LogP contribution in [0.1, 0.15) is 0 Å². The van der Waals surface area contributed by atoms with Crippen LogP contribution in [0.2, 0.25) is 0 Å². The van der Waals surface area contributed by atoms with Gasteiger partial charge < -0.3 is 20.5 Å². The molecule has 0 rings (SSSR count). The minimum atomic E-state index is -2.33. The van der Waals surface area contributed by atoms with Crippen LogP contribution >= 0.6 is 0 Å². The molecule has 0 aliphatic heterocycles. The molecule has 0 aromatic heterocycles. The number of carbonyl (C=O) groups excluding carboxylic acids is 1. The first kappa shape index (κ1) is 26.4. The van der Waals surface area contributed by atoms with Gasteiger partial charge in [-0.2, -0.15) is 0 Å². The molecular formula is CHAlLiO4-2. The quantitative estimate of drug-likeness (QED) is 0.291. The van der Waals surface area contributed by atoms with Crippen molar-refractivity contribution in [2.24, 2.45) is 0 Å². The molecule has 0 saturated carbocycles. The molecule has 0 aromatic carbocycles. The summed E-state index contributed by atoms with van der Waals surface area (Å²) in [5, 5.41) is 16.7. The average molecular weight is 111 g/mol. The topological polar surface area (TPSA) is 93.2 Å². The normalized spacial score (nSPS) is 3.43. The molecule has 0 spiro atoms. The third-order valence-electron chi connectivity index (χ3n) is 0. The molecule has 1 N–H and O–H groups in total. The summed E-state index contributed by atoms with van der Waals surface area (Å²) in [5.41, 5.74) is 0. The molecular weight excluding hydrogens is 110 g/mol. The zero-order valence-corrected chi connectivity index (χ0v) is 4.90. The first-order valence-electron chi connectivity index (χ1n) is 0.612. The van der Waals surface area contributed by atoms with Gasteiger partial charge >= 0.3 is 18.9 Å². The van der Waals surface area contributed by atoms with Gasteiger partial charge in [-0.1, -0.05) is 0 Å². The second-order valence-corrected chi connectivity index (χ2v) is 0.250. The fourth-order valence-electron chi connectivity index (χ4n) is 0. The van der Waals surface area contributed by atoms with Gasteiger partial charge in [0.15, 0.2) is 0 Å². The maximum Gasteiger partial charge on any atom is 1.00 e. The van der Waals surface area contributed by atoms with Crippen LogP contribution in [0.25, 0.3) is 0 Å². The van der Waals surface area contributed by atoms with E-state index in [9.17, 15) is 0 Å². The molecule has 0 aliphatic carbocycles. The Kier molecular flexibility index (Phi) is 61.0. The molecule has 0 bridgehead atoms. The summed E-state index contributed by atoms with van der Waals surface area (Å²) in [4.78, 5) is 8.33. The SMILES string of the molecule is O=C([O-])[O-].[Al].[Li+].[OH-]. The molecule has 4 nitrogen and oxygen atoms in total. The zero-order chi connectivity index (χ0) is 3.58. The van der Waals surface area contributed by atoms with E-state index >= 15 is 0 Å². The van der Waals surface area contributed by atoms with E-state index < -0.39 is 6.16 Å². The fraction of sp³-hybridized carbons (Fsp3) is 0. The molecule has 35 valence electrons. The zero-order valence-electron chi connectivity index (χ0n) is 3.75.